The summed E-state index contributed by atoms with van der Waals surface area (Å²) in [7, 11) is -3.72. The summed E-state index contributed by atoms with van der Waals surface area (Å²) in [6, 6.07) is 4.20. The maximum Gasteiger partial charge on any atom is 0.337 e. The van der Waals surface area contributed by atoms with E-state index in [-0.39, 0.29) is 10.5 Å². The highest BCUT2D eigenvalue weighted by Gasteiger charge is 2.31. The first-order chi connectivity index (χ1) is 11.5. The molecular formula is C16H24N2O6S. The molecule has 8 nitrogen and oxygen atoms in total. The Morgan fingerprint density at radius 2 is 1.80 bits per heavy atom. The average Bonchev–Trinajstić information content (AvgIpc) is 2.53. The number of aliphatic carboxylic acids is 1. The predicted octanol–water partition coefficient (Wildman–Crippen LogP) is 0.591. The van der Waals surface area contributed by atoms with Crippen LogP contribution in [-0.4, -0.2) is 60.0 Å². The van der Waals surface area contributed by atoms with Gasteiger partial charge in [0.1, 0.15) is 0 Å². The number of carboxylic acid groups (broad SMARTS) is 1. The van der Waals surface area contributed by atoms with Crippen LogP contribution in [0.3, 0.4) is 0 Å². The largest absolute Gasteiger partial charge is 0.479 e. The molecule has 0 aliphatic heterocycles. The lowest BCUT2D eigenvalue weighted by atomic mass is 10.1. The van der Waals surface area contributed by atoms with Gasteiger partial charge in [-0.1, -0.05) is 19.9 Å². The molecule has 0 saturated heterocycles. The molecule has 0 aliphatic carbocycles. The van der Waals surface area contributed by atoms with Crippen molar-refractivity contribution in [3.63, 3.8) is 0 Å². The fraction of sp³-hybridized carbons (Fsp3) is 0.500. The summed E-state index contributed by atoms with van der Waals surface area (Å²) in [5.74, 6) is -2.13. The number of carbonyl (C=O) groups is 2. The molecule has 1 aromatic carbocycles. The zero-order chi connectivity index (χ0) is 19.4. The summed E-state index contributed by atoms with van der Waals surface area (Å²) in [6.45, 7) is 6.23. The van der Waals surface area contributed by atoms with Crippen LogP contribution in [0.4, 0.5) is 0 Å². The first kappa shape index (κ1) is 21.1. The summed E-state index contributed by atoms with van der Waals surface area (Å²) < 4.78 is 26.4. The van der Waals surface area contributed by atoms with Crippen molar-refractivity contribution in [2.45, 2.75) is 38.2 Å². The highest BCUT2D eigenvalue weighted by molar-refractivity contribution is 7.89. The first-order valence-electron chi connectivity index (χ1n) is 7.82. The van der Waals surface area contributed by atoms with E-state index < -0.39 is 34.0 Å². The number of benzene rings is 1. The molecule has 0 fully saturated rings. The lowest BCUT2D eigenvalue weighted by molar-refractivity contribution is -0.155. The van der Waals surface area contributed by atoms with E-state index in [0.29, 0.717) is 18.7 Å². The first-order valence-corrected chi connectivity index (χ1v) is 9.26. The van der Waals surface area contributed by atoms with Gasteiger partial charge in [0.15, 0.2) is 5.60 Å². The molecule has 0 aliphatic rings. The number of carbonyl (C=O) groups excluding carboxylic acids is 1. The van der Waals surface area contributed by atoms with Crippen molar-refractivity contribution in [2.75, 3.05) is 19.6 Å². The number of nitrogens with one attached hydrogen (secondary N) is 1. The molecule has 3 N–H and O–H groups in total. The zero-order valence-corrected chi connectivity index (χ0v) is 15.6. The third-order valence-electron chi connectivity index (χ3n) is 3.85. The average molecular weight is 372 g/mol. The van der Waals surface area contributed by atoms with Gasteiger partial charge in [0, 0.05) is 18.7 Å². The quantitative estimate of drug-likeness (QED) is 0.613. The molecule has 25 heavy (non-hydrogen) atoms. The summed E-state index contributed by atoms with van der Waals surface area (Å²) >= 11 is 0. The topological polar surface area (TPSA) is 124 Å². The minimum atomic E-state index is -3.72. The van der Waals surface area contributed by atoms with Gasteiger partial charge in [0.05, 0.1) is 11.4 Å². The smallest absolute Gasteiger partial charge is 0.337 e. The number of sulfonamides is 1. The minimum absolute atomic E-state index is 0.0167. The lowest BCUT2D eigenvalue weighted by Crippen LogP contribution is -2.46. The van der Waals surface area contributed by atoms with Crippen LogP contribution in [0.25, 0.3) is 0 Å². The number of nitrogens with zero attached hydrogens (tertiary/aromatic N) is 1. The highest BCUT2D eigenvalue weighted by atomic mass is 32.2. The van der Waals surface area contributed by atoms with Gasteiger partial charge in [-0.3, -0.25) is 4.79 Å². The third kappa shape index (κ3) is 4.77. The molecule has 0 radical (unpaired) electrons. The Morgan fingerprint density at radius 3 is 2.28 bits per heavy atom. The van der Waals surface area contributed by atoms with E-state index in [4.69, 9.17) is 5.11 Å². The standard InChI is InChI=1S/C16H24N2O6S/c1-5-18(6-2)25(23,24)12-8-7-11(3)13(9-12)14(19)17-10-16(4,22)15(20)21/h7-9,22H,5-6,10H2,1-4H3,(H,17,19)(H,20,21). The van der Waals surface area contributed by atoms with Crippen LogP contribution in [0, 0.1) is 6.92 Å². The summed E-state index contributed by atoms with van der Waals surface area (Å²) in [5, 5.41) is 20.8. The molecule has 0 saturated carbocycles. The van der Waals surface area contributed by atoms with Crippen LogP contribution in [-0.2, 0) is 14.8 Å². The Morgan fingerprint density at radius 1 is 1.24 bits per heavy atom. The molecule has 140 valence electrons. The summed E-state index contributed by atoms with van der Waals surface area (Å²) in [5.41, 5.74) is -1.48. The van der Waals surface area contributed by atoms with E-state index in [0.717, 1.165) is 6.92 Å². The van der Waals surface area contributed by atoms with E-state index in [9.17, 15) is 23.1 Å². The minimum Gasteiger partial charge on any atom is -0.479 e. The maximum absolute atomic E-state index is 12.6. The number of aliphatic hydroxyl groups is 1. The molecule has 0 aromatic heterocycles. The predicted molar refractivity (Wildman–Crippen MR) is 91.9 cm³/mol. The van der Waals surface area contributed by atoms with E-state index in [1.165, 1.54) is 22.5 Å². The molecule has 0 heterocycles. The number of hydrogen-bond acceptors (Lipinski definition) is 5. The second kappa shape index (κ2) is 7.94. The molecule has 1 unspecified atom stereocenters. The van der Waals surface area contributed by atoms with Crippen LogP contribution < -0.4 is 5.32 Å². The summed E-state index contributed by atoms with van der Waals surface area (Å²) in [6.07, 6.45) is 0. The Labute approximate surface area is 147 Å². The van der Waals surface area contributed by atoms with Crippen LogP contribution in [0.5, 0.6) is 0 Å². The molecule has 1 aromatic rings. The number of rotatable bonds is 8. The van der Waals surface area contributed by atoms with Crippen molar-refractivity contribution in [2.24, 2.45) is 0 Å². The summed E-state index contributed by atoms with van der Waals surface area (Å²) in [4.78, 5) is 23.2. The molecule has 0 spiro atoms. The maximum atomic E-state index is 12.6. The molecule has 1 atom stereocenters. The van der Waals surface area contributed by atoms with Gasteiger partial charge in [0.25, 0.3) is 5.91 Å². The zero-order valence-electron chi connectivity index (χ0n) is 14.7. The number of carboxylic acids is 1. The van der Waals surface area contributed by atoms with Crippen molar-refractivity contribution >= 4 is 21.9 Å². The second-order valence-electron chi connectivity index (χ2n) is 5.83. The molecule has 1 amide bonds. The molecular weight excluding hydrogens is 348 g/mol. The Kier molecular flexibility index (Phi) is 6.69. The van der Waals surface area contributed by atoms with Crippen LogP contribution >= 0.6 is 0 Å². The van der Waals surface area contributed by atoms with Crippen LogP contribution in [0.1, 0.15) is 36.7 Å². The van der Waals surface area contributed by atoms with Gasteiger partial charge in [0.2, 0.25) is 10.0 Å². The molecule has 0 bridgehead atoms. The van der Waals surface area contributed by atoms with Gasteiger partial charge in [-0.15, -0.1) is 0 Å². The fourth-order valence-electron chi connectivity index (χ4n) is 2.14. The van der Waals surface area contributed by atoms with Gasteiger partial charge in [-0.2, -0.15) is 4.31 Å². The third-order valence-corrected chi connectivity index (χ3v) is 5.90. The monoisotopic (exact) mass is 372 g/mol. The van der Waals surface area contributed by atoms with Crippen molar-refractivity contribution < 1.29 is 28.2 Å². The number of hydrogen-bond donors (Lipinski definition) is 3. The van der Waals surface area contributed by atoms with Crippen molar-refractivity contribution in [3.05, 3.63) is 29.3 Å². The fourth-order valence-corrected chi connectivity index (χ4v) is 3.63. The van der Waals surface area contributed by atoms with E-state index in [1.54, 1.807) is 20.8 Å². The van der Waals surface area contributed by atoms with Gasteiger partial charge in [-0.25, -0.2) is 13.2 Å². The Balaban J connectivity index is 3.14. The lowest BCUT2D eigenvalue weighted by Gasteiger charge is -2.20. The second-order valence-corrected chi connectivity index (χ2v) is 7.77. The number of aryl methyl sites for hydroxylation is 1. The highest BCUT2D eigenvalue weighted by Crippen LogP contribution is 2.19. The van der Waals surface area contributed by atoms with Crippen molar-refractivity contribution in [1.82, 2.24) is 9.62 Å². The van der Waals surface area contributed by atoms with Crippen LogP contribution in [0.15, 0.2) is 23.1 Å². The SMILES string of the molecule is CCN(CC)S(=O)(=O)c1ccc(C)c(C(=O)NCC(C)(O)C(=O)O)c1. The molecule has 9 heteroatoms. The van der Waals surface area contributed by atoms with Crippen molar-refractivity contribution in [3.8, 4) is 0 Å². The van der Waals surface area contributed by atoms with E-state index in [2.05, 4.69) is 5.32 Å². The van der Waals surface area contributed by atoms with Gasteiger partial charge < -0.3 is 15.5 Å². The van der Waals surface area contributed by atoms with E-state index >= 15 is 0 Å². The van der Waals surface area contributed by atoms with Crippen molar-refractivity contribution in [1.29, 1.82) is 0 Å². The molecule has 1 rings (SSSR count). The number of amides is 1. The Bertz CT molecular complexity index is 754. The normalized spacial score (nSPS) is 14.2. The van der Waals surface area contributed by atoms with Gasteiger partial charge >= 0.3 is 5.97 Å². The Hall–Kier alpha value is -1.97. The van der Waals surface area contributed by atoms with Gasteiger partial charge in [-0.05, 0) is 31.5 Å². The van der Waals surface area contributed by atoms with E-state index in [1.807, 2.05) is 0 Å². The van der Waals surface area contributed by atoms with Crippen LogP contribution in [0.2, 0.25) is 0 Å².